The van der Waals surface area contributed by atoms with E-state index in [2.05, 4.69) is 10.3 Å². The number of hydrogen-bond donors (Lipinski definition) is 1. The third-order valence-corrected chi connectivity index (χ3v) is 3.28. The van der Waals surface area contributed by atoms with E-state index in [1.165, 1.54) is 4.90 Å². The highest BCUT2D eigenvalue weighted by molar-refractivity contribution is 5.81. The van der Waals surface area contributed by atoms with Gasteiger partial charge in [-0.3, -0.25) is 4.90 Å². The Morgan fingerprint density at radius 1 is 1.24 bits per heavy atom. The van der Waals surface area contributed by atoms with Crippen LogP contribution in [-0.2, 0) is 6.54 Å². The van der Waals surface area contributed by atoms with Gasteiger partial charge in [0.1, 0.15) is 5.82 Å². The minimum absolute atomic E-state index is 0.212. The molecule has 0 saturated heterocycles. The summed E-state index contributed by atoms with van der Waals surface area (Å²) < 4.78 is 37.7. The largest absolute Gasteiger partial charge is 0.401 e. The summed E-state index contributed by atoms with van der Waals surface area (Å²) in [5.74, 6) is 0.620. The van der Waals surface area contributed by atoms with Crippen LogP contribution in [0.3, 0.4) is 0 Å². The molecule has 1 aromatic heterocycles. The molecule has 0 spiro atoms. The van der Waals surface area contributed by atoms with E-state index in [1.807, 2.05) is 30.3 Å². The summed E-state index contributed by atoms with van der Waals surface area (Å²) in [6, 6.07) is 9.46. The molecule has 114 valence electrons. The van der Waals surface area contributed by atoms with Crippen molar-refractivity contribution in [2.45, 2.75) is 19.6 Å². The van der Waals surface area contributed by atoms with E-state index in [0.29, 0.717) is 12.4 Å². The molecule has 0 amide bonds. The normalized spacial score (nSPS) is 12.1. The topological polar surface area (TPSA) is 28.2 Å². The van der Waals surface area contributed by atoms with Crippen molar-refractivity contribution >= 4 is 16.7 Å². The molecule has 1 N–H and O–H groups in total. The zero-order valence-electron chi connectivity index (χ0n) is 12.0. The van der Waals surface area contributed by atoms with Crippen molar-refractivity contribution in [1.82, 2.24) is 9.88 Å². The number of alkyl halides is 3. The van der Waals surface area contributed by atoms with Gasteiger partial charge in [0.15, 0.2) is 0 Å². The first kappa shape index (κ1) is 15.6. The van der Waals surface area contributed by atoms with Crippen LogP contribution in [0.4, 0.5) is 19.0 Å². The average Bonchev–Trinajstić information content (AvgIpc) is 2.44. The first-order chi connectivity index (χ1) is 9.93. The van der Waals surface area contributed by atoms with Gasteiger partial charge < -0.3 is 5.32 Å². The van der Waals surface area contributed by atoms with Crippen LogP contribution in [0, 0.1) is 0 Å². The van der Waals surface area contributed by atoms with Gasteiger partial charge >= 0.3 is 6.18 Å². The molecule has 2 aromatic rings. The van der Waals surface area contributed by atoms with E-state index in [4.69, 9.17) is 0 Å². The van der Waals surface area contributed by atoms with E-state index in [1.54, 1.807) is 14.0 Å². The lowest BCUT2D eigenvalue weighted by Crippen LogP contribution is -2.33. The molecule has 0 radical (unpaired) electrons. The summed E-state index contributed by atoms with van der Waals surface area (Å²) in [6.45, 7) is 1.35. The van der Waals surface area contributed by atoms with Gasteiger partial charge in [0.2, 0.25) is 0 Å². The Hall–Kier alpha value is -1.82. The zero-order valence-corrected chi connectivity index (χ0v) is 12.0. The molecule has 3 nitrogen and oxygen atoms in total. The highest BCUT2D eigenvalue weighted by Crippen LogP contribution is 2.23. The maximum Gasteiger partial charge on any atom is 0.401 e. The fourth-order valence-corrected chi connectivity index (χ4v) is 2.27. The Kier molecular flexibility index (Phi) is 4.67. The minimum Gasteiger partial charge on any atom is -0.373 e. The Bertz CT molecular complexity index is 611. The van der Waals surface area contributed by atoms with Crippen LogP contribution in [0.2, 0.25) is 0 Å². The van der Waals surface area contributed by atoms with Gasteiger partial charge in [-0.2, -0.15) is 13.2 Å². The molecular weight excluding hydrogens is 279 g/mol. The molecule has 6 heteroatoms. The SMILES string of the molecule is CCN(Cc1cc2ccccc2nc1NC)CC(F)(F)F. The van der Waals surface area contributed by atoms with Crippen molar-refractivity contribution in [3.8, 4) is 0 Å². The molecule has 0 aliphatic heterocycles. The molecule has 0 fully saturated rings. The third kappa shape index (κ3) is 4.07. The van der Waals surface area contributed by atoms with Gasteiger partial charge in [-0.1, -0.05) is 25.1 Å². The maximum atomic E-state index is 12.6. The number of benzene rings is 1. The van der Waals surface area contributed by atoms with Crippen molar-refractivity contribution in [3.05, 3.63) is 35.9 Å². The molecule has 0 aliphatic carbocycles. The number of rotatable bonds is 5. The van der Waals surface area contributed by atoms with Crippen LogP contribution < -0.4 is 5.32 Å². The van der Waals surface area contributed by atoms with Gasteiger partial charge in [-0.15, -0.1) is 0 Å². The molecule has 21 heavy (non-hydrogen) atoms. The van der Waals surface area contributed by atoms with E-state index in [-0.39, 0.29) is 6.54 Å². The van der Waals surface area contributed by atoms with Crippen molar-refractivity contribution in [2.24, 2.45) is 0 Å². The molecule has 0 saturated carbocycles. The number of halogens is 3. The number of para-hydroxylation sites is 1. The summed E-state index contributed by atoms with van der Waals surface area (Å²) in [5, 5.41) is 3.89. The highest BCUT2D eigenvalue weighted by atomic mass is 19.4. The van der Waals surface area contributed by atoms with Crippen molar-refractivity contribution < 1.29 is 13.2 Å². The Balaban J connectivity index is 2.31. The average molecular weight is 297 g/mol. The fraction of sp³-hybridized carbons (Fsp3) is 0.400. The quantitative estimate of drug-likeness (QED) is 0.913. The maximum absolute atomic E-state index is 12.6. The van der Waals surface area contributed by atoms with Gasteiger partial charge in [-0.25, -0.2) is 4.98 Å². The smallest absolute Gasteiger partial charge is 0.373 e. The Morgan fingerprint density at radius 3 is 2.57 bits per heavy atom. The second kappa shape index (κ2) is 6.30. The molecule has 2 rings (SSSR count). The van der Waals surface area contributed by atoms with Crippen LogP contribution in [0.5, 0.6) is 0 Å². The number of nitrogens with zero attached hydrogens (tertiary/aromatic N) is 2. The summed E-state index contributed by atoms with van der Waals surface area (Å²) in [5.41, 5.74) is 1.59. The Morgan fingerprint density at radius 2 is 1.95 bits per heavy atom. The molecule has 0 bridgehead atoms. The van der Waals surface area contributed by atoms with E-state index in [0.717, 1.165) is 16.5 Å². The molecule has 0 unspecified atom stereocenters. The number of nitrogens with one attached hydrogen (secondary N) is 1. The van der Waals surface area contributed by atoms with E-state index in [9.17, 15) is 13.2 Å². The first-order valence-electron chi connectivity index (χ1n) is 6.78. The number of pyridine rings is 1. The highest BCUT2D eigenvalue weighted by Gasteiger charge is 2.30. The number of fused-ring (bicyclic) bond motifs is 1. The van der Waals surface area contributed by atoms with Crippen LogP contribution in [0.25, 0.3) is 10.9 Å². The summed E-state index contributed by atoms with van der Waals surface area (Å²) >= 11 is 0. The number of anilines is 1. The molecule has 0 atom stereocenters. The second-order valence-corrected chi connectivity index (χ2v) is 4.86. The number of aromatic nitrogens is 1. The van der Waals surface area contributed by atoms with E-state index < -0.39 is 12.7 Å². The lowest BCUT2D eigenvalue weighted by molar-refractivity contribution is -0.146. The zero-order chi connectivity index (χ0) is 15.5. The summed E-state index contributed by atoms with van der Waals surface area (Å²) in [7, 11) is 1.72. The fourth-order valence-electron chi connectivity index (χ4n) is 2.27. The Labute approximate surface area is 121 Å². The lowest BCUT2D eigenvalue weighted by Gasteiger charge is -2.23. The minimum atomic E-state index is -4.19. The van der Waals surface area contributed by atoms with Crippen LogP contribution in [0.15, 0.2) is 30.3 Å². The summed E-state index contributed by atoms with van der Waals surface area (Å²) in [6.07, 6.45) is -4.19. The van der Waals surface area contributed by atoms with Crippen LogP contribution >= 0.6 is 0 Å². The molecular formula is C15H18F3N3. The second-order valence-electron chi connectivity index (χ2n) is 4.86. The van der Waals surface area contributed by atoms with Gasteiger partial charge in [0, 0.05) is 24.5 Å². The molecule has 1 aromatic carbocycles. The lowest BCUT2D eigenvalue weighted by atomic mass is 10.1. The van der Waals surface area contributed by atoms with Crippen LogP contribution in [-0.4, -0.2) is 36.2 Å². The monoisotopic (exact) mass is 297 g/mol. The standard InChI is InChI=1S/C15H18F3N3/c1-3-21(10-15(16,17)18)9-12-8-11-6-4-5-7-13(11)20-14(12)19-2/h4-8H,3,9-10H2,1-2H3,(H,19,20). The predicted molar refractivity (Wildman–Crippen MR) is 78.3 cm³/mol. The first-order valence-corrected chi connectivity index (χ1v) is 6.78. The predicted octanol–water partition coefficient (Wildman–Crippen LogP) is 3.66. The van der Waals surface area contributed by atoms with Gasteiger partial charge in [-0.05, 0) is 18.7 Å². The molecule has 0 aliphatic rings. The van der Waals surface area contributed by atoms with Crippen molar-refractivity contribution in [1.29, 1.82) is 0 Å². The van der Waals surface area contributed by atoms with Gasteiger partial charge in [0.05, 0.1) is 12.1 Å². The molecule has 1 heterocycles. The van der Waals surface area contributed by atoms with Gasteiger partial charge in [0.25, 0.3) is 0 Å². The van der Waals surface area contributed by atoms with Crippen molar-refractivity contribution in [2.75, 3.05) is 25.5 Å². The number of hydrogen-bond acceptors (Lipinski definition) is 3. The van der Waals surface area contributed by atoms with Crippen LogP contribution in [0.1, 0.15) is 12.5 Å². The third-order valence-electron chi connectivity index (χ3n) is 3.28. The van der Waals surface area contributed by atoms with Crippen molar-refractivity contribution in [3.63, 3.8) is 0 Å². The summed E-state index contributed by atoms with van der Waals surface area (Å²) in [4.78, 5) is 5.81. The van der Waals surface area contributed by atoms with E-state index >= 15 is 0 Å².